The fraction of sp³-hybridized carbons (Fsp3) is 0.692. The van der Waals surface area contributed by atoms with E-state index in [0.29, 0.717) is 18.4 Å². The van der Waals surface area contributed by atoms with Gasteiger partial charge in [0.2, 0.25) is 11.8 Å². The normalized spacial score (nSPS) is 24.1. The molecule has 2 atom stereocenters. The molecule has 0 aromatic carbocycles. The summed E-state index contributed by atoms with van der Waals surface area (Å²) in [6, 6.07) is 2.06. The molecule has 1 aliphatic rings. The summed E-state index contributed by atoms with van der Waals surface area (Å²) in [6.45, 7) is 8.52. The Bertz CT molecular complexity index is 400. The first-order chi connectivity index (χ1) is 8.58. The molecule has 0 amide bonds. The minimum atomic E-state index is 0.202. The molecule has 1 aromatic rings. The van der Waals surface area contributed by atoms with Gasteiger partial charge in [-0.15, -0.1) is 0 Å². The second-order valence-electron chi connectivity index (χ2n) is 5.09. The molecular weight excluding hydrogens is 228 g/mol. The highest BCUT2D eigenvalue weighted by Crippen LogP contribution is 2.21. The van der Waals surface area contributed by atoms with Crippen LogP contribution < -0.4 is 15.4 Å². The third kappa shape index (κ3) is 3.10. The summed E-state index contributed by atoms with van der Waals surface area (Å²) in [5.41, 5.74) is 6.99. The number of nitrogens with zero attached hydrogens (tertiary/aromatic N) is 3. The molecule has 2 unspecified atom stereocenters. The van der Waals surface area contributed by atoms with Gasteiger partial charge in [0.05, 0.1) is 6.61 Å². The summed E-state index contributed by atoms with van der Waals surface area (Å²) in [6.07, 6.45) is 1.07. The maximum Gasteiger partial charge on any atom is 0.228 e. The molecule has 0 radical (unpaired) electrons. The lowest BCUT2D eigenvalue weighted by Crippen LogP contribution is -2.47. The zero-order valence-corrected chi connectivity index (χ0v) is 11.4. The van der Waals surface area contributed by atoms with Gasteiger partial charge in [-0.2, -0.15) is 4.98 Å². The first kappa shape index (κ1) is 13.1. The number of aryl methyl sites for hydroxylation is 1. The number of anilines is 1. The van der Waals surface area contributed by atoms with Gasteiger partial charge in [-0.1, -0.05) is 6.92 Å². The van der Waals surface area contributed by atoms with Crippen molar-refractivity contribution >= 4 is 5.95 Å². The van der Waals surface area contributed by atoms with Gasteiger partial charge in [0.25, 0.3) is 0 Å². The van der Waals surface area contributed by atoms with Crippen LogP contribution in [0, 0.1) is 12.8 Å². The summed E-state index contributed by atoms with van der Waals surface area (Å²) in [4.78, 5) is 11.1. The number of hydrogen-bond acceptors (Lipinski definition) is 5. The van der Waals surface area contributed by atoms with Crippen molar-refractivity contribution in [3.05, 3.63) is 11.8 Å². The van der Waals surface area contributed by atoms with Crippen molar-refractivity contribution in [3.63, 3.8) is 0 Å². The average Bonchev–Trinajstić information content (AvgIpc) is 2.27. The van der Waals surface area contributed by atoms with E-state index in [1.165, 1.54) is 0 Å². The standard InChI is InChI=1S/C13H22N4O/c1-4-18-12-6-10(3)15-13(16-12)17-7-9(2)5-11(14)8-17/h6,9,11H,4-5,7-8,14H2,1-3H3. The Morgan fingerprint density at radius 1 is 1.44 bits per heavy atom. The lowest BCUT2D eigenvalue weighted by molar-refractivity contribution is 0.324. The van der Waals surface area contributed by atoms with Crippen LogP contribution in [-0.2, 0) is 0 Å². The van der Waals surface area contributed by atoms with E-state index in [-0.39, 0.29) is 6.04 Å². The van der Waals surface area contributed by atoms with Crippen molar-refractivity contribution < 1.29 is 4.74 Å². The first-order valence-electron chi connectivity index (χ1n) is 6.57. The molecule has 1 aliphatic heterocycles. The molecule has 1 saturated heterocycles. The number of nitrogens with two attached hydrogens (primary N) is 1. The highest BCUT2D eigenvalue weighted by atomic mass is 16.5. The van der Waals surface area contributed by atoms with E-state index >= 15 is 0 Å². The molecule has 0 spiro atoms. The molecule has 1 fully saturated rings. The molecular formula is C13H22N4O. The topological polar surface area (TPSA) is 64.3 Å². The van der Waals surface area contributed by atoms with Gasteiger partial charge in [-0.25, -0.2) is 4.98 Å². The zero-order valence-electron chi connectivity index (χ0n) is 11.4. The third-order valence-corrected chi connectivity index (χ3v) is 3.09. The SMILES string of the molecule is CCOc1cc(C)nc(N2CC(C)CC(N)C2)n1. The van der Waals surface area contributed by atoms with Gasteiger partial charge in [0.15, 0.2) is 0 Å². The van der Waals surface area contributed by atoms with Crippen molar-refractivity contribution in [3.8, 4) is 5.88 Å². The van der Waals surface area contributed by atoms with E-state index in [0.717, 1.165) is 31.2 Å². The molecule has 1 aromatic heterocycles. The van der Waals surface area contributed by atoms with Crippen LogP contribution in [0.1, 0.15) is 26.0 Å². The summed E-state index contributed by atoms with van der Waals surface area (Å²) in [5.74, 6) is 1.96. The number of piperidine rings is 1. The summed E-state index contributed by atoms with van der Waals surface area (Å²) in [5, 5.41) is 0. The fourth-order valence-electron chi connectivity index (χ4n) is 2.45. The Labute approximate surface area is 108 Å². The highest BCUT2D eigenvalue weighted by Gasteiger charge is 2.24. The van der Waals surface area contributed by atoms with Crippen molar-refractivity contribution in [1.82, 2.24) is 9.97 Å². The molecule has 18 heavy (non-hydrogen) atoms. The highest BCUT2D eigenvalue weighted by molar-refractivity contribution is 5.35. The van der Waals surface area contributed by atoms with Crippen LogP contribution >= 0.6 is 0 Å². The van der Waals surface area contributed by atoms with Crippen LogP contribution in [0.5, 0.6) is 5.88 Å². The maximum atomic E-state index is 6.06. The second kappa shape index (κ2) is 5.52. The third-order valence-electron chi connectivity index (χ3n) is 3.09. The number of hydrogen-bond donors (Lipinski definition) is 1. The molecule has 0 aliphatic carbocycles. The minimum absolute atomic E-state index is 0.202. The van der Waals surface area contributed by atoms with Crippen molar-refractivity contribution in [2.75, 3.05) is 24.6 Å². The lowest BCUT2D eigenvalue weighted by atomic mass is 9.97. The molecule has 5 nitrogen and oxygen atoms in total. The van der Waals surface area contributed by atoms with Crippen LogP contribution in [0.2, 0.25) is 0 Å². The van der Waals surface area contributed by atoms with E-state index in [1.54, 1.807) is 0 Å². The van der Waals surface area contributed by atoms with Crippen molar-refractivity contribution in [2.24, 2.45) is 11.7 Å². The zero-order chi connectivity index (χ0) is 13.1. The van der Waals surface area contributed by atoms with Gasteiger partial charge in [0, 0.05) is 30.9 Å². The van der Waals surface area contributed by atoms with Gasteiger partial charge in [0.1, 0.15) is 0 Å². The number of aromatic nitrogens is 2. The Kier molecular flexibility index (Phi) is 4.01. The van der Waals surface area contributed by atoms with Crippen LogP contribution in [0.3, 0.4) is 0 Å². The number of ether oxygens (including phenoxy) is 1. The molecule has 2 rings (SSSR count). The van der Waals surface area contributed by atoms with Crippen LogP contribution in [0.15, 0.2) is 6.07 Å². The van der Waals surface area contributed by atoms with E-state index in [2.05, 4.69) is 21.8 Å². The summed E-state index contributed by atoms with van der Waals surface area (Å²) >= 11 is 0. The van der Waals surface area contributed by atoms with E-state index in [4.69, 9.17) is 10.5 Å². The smallest absolute Gasteiger partial charge is 0.228 e. The maximum absolute atomic E-state index is 6.06. The predicted molar refractivity (Wildman–Crippen MR) is 71.9 cm³/mol. The van der Waals surface area contributed by atoms with Crippen LogP contribution in [-0.4, -0.2) is 35.7 Å². The molecule has 2 heterocycles. The molecule has 0 saturated carbocycles. The number of rotatable bonds is 3. The van der Waals surface area contributed by atoms with Crippen molar-refractivity contribution in [2.45, 2.75) is 33.2 Å². The largest absolute Gasteiger partial charge is 0.478 e. The molecule has 100 valence electrons. The molecule has 2 N–H and O–H groups in total. The Morgan fingerprint density at radius 3 is 2.89 bits per heavy atom. The second-order valence-corrected chi connectivity index (χ2v) is 5.09. The van der Waals surface area contributed by atoms with Crippen LogP contribution in [0.4, 0.5) is 5.95 Å². The van der Waals surface area contributed by atoms with Crippen LogP contribution in [0.25, 0.3) is 0 Å². The van der Waals surface area contributed by atoms with E-state index in [1.807, 2.05) is 19.9 Å². The summed E-state index contributed by atoms with van der Waals surface area (Å²) < 4.78 is 5.46. The lowest BCUT2D eigenvalue weighted by Gasteiger charge is -2.34. The summed E-state index contributed by atoms with van der Waals surface area (Å²) in [7, 11) is 0. The van der Waals surface area contributed by atoms with Gasteiger partial charge in [-0.05, 0) is 26.2 Å². The van der Waals surface area contributed by atoms with Crippen molar-refractivity contribution in [1.29, 1.82) is 0 Å². The minimum Gasteiger partial charge on any atom is -0.478 e. The first-order valence-corrected chi connectivity index (χ1v) is 6.57. The van der Waals surface area contributed by atoms with Gasteiger partial charge in [-0.3, -0.25) is 0 Å². The monoisotopic (exact) mass is 250 g/mol. The van der Waals surface area contributed by atoms with Gasteiger partial charge >= 0.3 is 0 Å². The fourth-order valence-corrected chi connectivity index (χ4v) is 2.45. The van der Waals surface area contributed by atoms with E-state index < -0.39 is 0 Å². The Hall–Kier alpha value is -1.36. The van der Waals surface area contributed by atoms with E-state index in [9.17, 15) is 0 Å². The Morgan fingerprint density at radius 2 is 2.22 bits per heavy atom. The molecule has 0 bridgehead atoms. The molecule has 5 heteroatoms. The predicted octanol–water partition coefficient (Wildman–Crippen LogP) is 1.36. The average molecular weight is 250 g/mol. The Balaban J connectivity index is 2.21. The van der Waals surface area contributed by atoms with Gasteiger partial charge < -0.3 is 15.4 Å². The quantitative estimate of drug-likeness (QED) is 0.877.